The van der Waals surface area contributed by atoms with Crippen molar-refractivity contribution < 1.29 is 26.7 Å². The number of aryl methyl sites for hydroxylation is 2. The van der Waals surface area contributed by atoms with Crippen LogP contribution in [-0.2, 0) is 13.1 Å². The lowest BCUT2D eigenvalue weighted by molar-refractivity contribution is -0.757. The highest BCUT2D eigenvalue weighted by molar-refractivity contribution is 6.26. The number of carbonyl (C=O) groups is 2. The third-order valence-electron chi connectivity index (χ3n) is 5.00. The van der Waals surface area contributed by atoms with Crippen molar-refractivity contribution in [3.8, 4) is 0 Å². The molecule has 0 saturated heterocycles. The number of carbonyl (C=O) groups excluding carboxylic acids is 2. The lowest BCUT2D eigenvalue weighted by atomic mass is 9.90. The van der Waals surface area contributed by atoms with E-state index in [-0.39, 0.29) is 24.0 Å². The minimum atomic E-state index is -0.0773. The molecule has 0 atom stereocenters. The van der Waals surface area contributed by atoms with Crippen molar-refractivity contribution in [1.82, 2.24) is 9.90 Å². The van der Waals surface area contributed by atoms with Gasteiger partial charge < -0.3 is 12.4 Å². The van der Waals surface area contributed by atoms with Crippen molar-refractivity contribution in [3.05, 3.63) is 46.8 Å². The first kappa shape index (κ1) is 21.3. The van der Waals surface area contributed by atoms with Gasteiger partial charge >= 0.3 is 0 Å². The van der Waals surface area contributed by atoms with Gasteiger partial charge in [-0.25, -0.2) is 0 Å². The Kier molecular flexibility index (Phi) is 7.72. The topological polar surface area (TPSA) is 55.8 Å². The van der Waals surface area contributed by atoms with Crippen molar-refractivity contribution in [2.75, 3.05) is 0 Å². The fourth-order valence-electron chi connectivity index (χ4n) is 3.56. The van der Waals surface area contributed by atoms with E-state index in [1.807, 2.05) is 12.1 Å². The molecule has 2 aromatic rings. The van der Waals surface area contributed by atoms with Crippen LogP contribution in [0.25, 0.3) is 0 Å². The summed E-state index contributed by atoms with van der Waals surface area (Å²) in [5.74, 6) is -0.154. The van der Waals surface area contributed by atoms with Gasteiger partial charge in [0.15, 0.2) is 0 Å². The van der Waals surface area contributed by atoms with Gasteiger partial charge in [-0.15, -0.1) is 9.36 Å². The Morgan fingerprint density at radius 2 is 1.52 bits per heavy atom. The molecular weight excluding hydrogens is 362 g/mol. The average molecular weight is 390 g/mol. The maximum absolute atomic E-state index is 13.1. The second-order valence-corrected chi connectivity index (χ2v) is 7.00. The van der Waals surface area contributed by atoms with Crippen molar-refractivity contribution >= 4 is 11.6 Å². The molecule has 6 heteroatoms. The second kappa shape index (κ2) is 9.79. The highest BCUT2D eigenvalue weighted by Crippen LogP contribution is 2.25. The number of rotatable bonds is 9. The zero-order valence-electron chi connectivity index (χ0n) is 16.2. The summed E-state index contributed by atoms with van der Waals surface area (Å²) in [5.41, 5.74) is 1.95. The summed E-state index contributed by atoms with van der Waals surface area (Å²) in [7, 11) is 0. The SMILES string of the molecule is CCCCCCn1n[n+](CCCCC)c2c1C(=O)c1ccccc1C2=O.[Cl-]. The number of nitrogens with zero attached hydrogens (tertiary/aromatic N) is 3. The molecule has 0 unspecified atom stereocenters. The Labute approximate surface area is 167 Å². The van der Waals surface area contributed by atoms with Gasteiger partial charge in [-0.05, 0) is 25.7 Å². The molecule has 146 valence electrons. The first-order valence-electron chi connectivity index (χ1n) is 9.88. The Balaban J connectivity index is 0.00000261. The number of unbranched alkanes of at least 4 members (excludes halogenated alkanes) is 5. The predicted molar refractivity (Wildman–Crippen MR) is 99.4 cm³/mol. The van der Waals surface area contributed by atoms with Crippen LogP contribution < -0.4 is 17.1 Å². The van der Waals surface area contributed by atoms with Crippen molar-refractivity contribution in [2.24, 2.45) is 0 Å². The van der Waals surface area contributed by atoms with Crippen LogP contribution in [0.2, 0.25) is 0 Å². The predicted octanol–water partition coefficient (Wildman–Crippen LogP) is 0.721. The molecule has 0 spiro atoms. The van der Waals surface area contributed by atoms with Crippen LogP contribution in [0.4, 0.5) is 0 Å². The van der Waals surface area contributed by atoms with E-state index >= 15 is 0 Å². The number of benzene rings is 1. The molecule has 5 nitrogen and oxygen atoms in total. The van der Waals surface area contributed by atoms with E-state index in [2.05, 4.69) is 19.1 Å². The largest absolute Gasteiger partial charge is 1.00 e. The zero-order chi connectivity index (χ0) is 18.5. The minimum Gasteiger partial charge on any atom is -1.00 e. The maximum atomic E-state index is 13.1. The van der Waals surface area contributed by atoms with Crippen LogP contribution in [0.15, 0.2) is 24.3 Å². The lowest BCUT2D eigenvalue weighted by Crippen LogP contribution is -3.00. The lowest BCUT2D eigenvalue weighted by Gasteiger charge is -2.11. The smallest absolute Gasteiger partial charge is 0.249 e. The molecule has 0 radical (unpaired) electrons. The summed E-state index contributed by atoms with van der Waals surface area (Å²) in [5, 5.41) is 4.64. The number of hydrogen-bond donors (Lipinski definition) is 0. The molecule has 3 rings (SSSR count). The van der Waals surface area contributed by atoms with Crippen molar-refractivity contribution in [2.45, 2.75) is 71.9 Å². The van der Waals surface area contributed by atoms with Gasteiger partial charge in [0.25, 0.3) is 0 Å². The van der Waals surface area contributed by atoms with Gasteiger partial charge in [-0.1, -0.05) is 57.4 Å². The molecule has 0 amide bonds. The quantitative estimate of drug-likeness (QED) is 0.400. The molecule has 0 saturated carbocycles. The van der Waals surface area contributed by atoms with Crippen LogP contribution >= 0.6 is 0 Å². The molecule has 27 heavy (non-hydrogen) atoms. The van der Waals surface area contributed by atoms with E-state index in [4.69, 9.17) is 0 Å². The Bertz CT molecular complexity index is 814. The number of aromatic nitrogens is 3. The maximum Gasteiger partial charge on any atom is 0.249 e. The Morgan fingerprint density at radius 1 is 0.889 bits per heavy atom. The molecular formula is C21H28ClN3O2. The van der Waals surface area contributed by atoms with Crippen molar-refractivity contribution in [3.63, 3.8) is 0 Å². The normalized spacial score (nSPS) is 12.5. The summed E-state index contributed by atoms with van der Waals surface area (Å²) >= 11 is 0. The molecule has 1 aliphatic carbocycles. The van der Waals surface area contributed by atoms with Gasteiger partial charge in [0.2, 0.25) is 23.0 Å². The third-order valence-corrected chi connectivity index (χ3v) is 5.00. The molecule has 1 aromatic carbocycles. The van der Waals surface area contributed by atoms with Gasteiger partial charge in [0.05, 0.1) is 5.21 Å². The molecule has 1 aliphatic rings. The molecule has 0 aliphatic heterocycles. The highest BCUT2D eigenvalue weighted by atomic mass is 35.5. The van der Waals surface area contributed by atoms with E-state index in [1.54, 1.807) is 21.5 Å². The highest BCUT2D eigenvalue weighted by Gasteiger charge is 2.42. The third kappa shape index (κ3) is 4.29. The van der Waals surface area contributed by atoms with Crippen LogP contribution in [0, 0.1) is 0 Å². The van der Waals surface area contributed by atoms with Crippen LogP contribution in [0.5, 0.6) is 0 Å². The van der Waals surface area contributed by atoms with Gasteiger partial charge in [-0.3, -0.25) is 9.59 Å². The fraction of sp³-hybridized carbons (Fsp3) is 0.524. The van der Waals surface area contributed by atoms with E-state index in [9.17, 15) is 9.59 Å². The van der Waals surface area contributed by atoms with Gasteiger partial charge in [0, 0.05) is 11.1 Å². The molecule has 1 heterocycles. The minimum absolute atomic E-state index is 0. The summed E-state index contributed by atoms with van der Waals surface area (Å²) < 4.78 is 3.54. The molecule has 1 aromatic heterocycles. The Morgan fingerprint density at radius 3 is 2.19 bits per heavy atom. The molecule has 0 fully saturated rings. The van der Waals surface area contributed by atoms with Gasteiger partial charge in [-0.2, -0.15) is 0 Å². The number of halogens is 1. The van der Waals surface area contributed by atoms with E-state index in [0.717, 1.165) is 32.1 Å². The van der Waals surface area contributed by atoms with Gasteiger partial charge in [0.1, 0.15) is 13.1 Å². The second-order valence-electron chi connectivity index (χ2n) is 7.00. The van der Waals surface area contributed by atoms with E-state index < -0.39 is 0 Å². The van der Waals surface area contributed by atoms with Crippen LogP contribution in [0.1, 0.15) is 90.9 Å². The van der Waals surface area contributed by atoms with Crippen LogP contribution in [0.3, 0.4) is 0 Å². The summed E-state index contributed by atoms with van der Waals surface area (Å²) in [4.78, 5) is 26.2. The number of ketones is 2. The van der Waals surface area contributed by atoms with Crippen LogP contribution in [-0.4, -0.2) is 21.5 Å². The standard InChI is InChI=1S/C21H28N3O2.ClH/c1-3-5-7-11-15-24-19-18(23(22-24)14-10-6-4-2)20(25)16-12-8-9-13-17(16)21(19)26;/h8-9,12-13H,3-7,10-11,14-15H2,1-2H3;1H/q+1;/p-1. The molecule has 0 N–H and O–H groups in total. The van der Waals surface area contributed by atoms with E-state index in [1.165, 1.54) is 12.8 Å². The summed E-state index contributed by atoms with van der Waals surface area (Å²) in [6.07, 6.45) is 7.58. The summed E-state index contributed by atoms with van der Waals surface area (Å²) in [6.45, 7) is 5.69. The number of hydrogen-bond acceptors (Lipinski definition) is 3. The fourth-order valence-corrected chi connectivity index (χ4v) is 3.56. The van der Waals surface area contributed by atoms with Crippen molar-refractivity contribution in [1.29, 1.82) is 0 Å². The Hall–Kier alpha value is -2.01. The molecule has 0 bridgehead atoms. The summed E-state index contributed by atoms with van der Waals surface area (Å²) in [6, 6.07) is 7.11. The monoisotopic (exact) mass is 389 g/mol. The first-order valence-corrected chi connectivity index (χ1v) is 9.88. The average Bonchev–Trinajstić information content (AvgIpc) is 3.02. The van der Waals surface area contributed by atoms with E-state index in [0.29, 0.717) is 35.6 Å². The zero-order valence-corrected chi connectivity index (χ0v) is 17.0. The number of fused-ring (bicyclic) bond motifs is 2. The first-order chi connectivity index (χ1) is 12.7.